The third kappa shape index (κ3) is 2.93. The van der Waals surface area contributed by atoms with Crippen LogP contribution in [0.2, 0.25) is 0 Å². The van der Waals surface area contributed by atoms with Gasteiger partial charge in [0.05, 0.1) is 6.04 Å². The van der Waals surface area contributed by atoms with Gasteiger partial charge in [0.2, 0.25) is 0 Å². The molecule has 120 valence electrons. The number of hydrogen-bond acceptors (Lipinski definition) is 3. The maximum absolute atomic E-state index is 11.7. The van der Waals surface area contributed by atoms with Crippen LogP contribution in [0.15, 0.2) is 36.7 Å². The van der Waals surface area contributed by atoms with E-state index in [1.54, 1.807) is 6.20 Å². The molecule has 0 saturated carbocycles. The van der Waals surface area contributed by atoms with Crippen molar-refractivity contribution in [2.24, 2.45) is 0 Å². The Kier molecular flexibility index (Phi) is 4.58. The maximum atomic E-state index is 11.7. The zero-order valence-corrected chi connectivity index (χ0v) is 14.1. The quantitative estimate of drug-likeness (QED) is 0.772. The number of hydrogen-bond donors (Lipinski definition) is 0. The van der Waals surface area contributed by atoms with Crippen LogP contribution in [0.3, 0.4) is 0 Å². The second-order valence-electron chi connectivity index (χ2n) is 6.50. The molecule has 2 heterocycles. The molecule has 1 aliphatic rings. The van der Waals surface area contributed by atoms with Gasteiger partial charge in [-0.3, -0.25) is 9.88 Å². The molecule has 2 unspecified atom stereocenters. The average Bonchev–Trinajstić information content (AvgIpc) is 2.95. The predicted molar refractivity (Wildman–Crippen MR) is 93.1 cm³/mol. The third-order valence-corrected chi connectivity index (χ3v) is 4.87. The zero-order chi connectivity index (χ0) is 16.4. The fraction of sp³-hybridized carbons (Fsp3) is 0.400. The fourth-order valence-corrected chi connectivity index (χ4v) is 3.75. The molecular formula is C20H24N2O. The van der Waals surface area contributed by atoms with E-state index < -0.39 is 0 Å². The predicted octanol–water partition coefficient (Wildman–Crippen LogP) is 4.30. The molecule has 1 aromatic heterocycles. The van der Waals surface area contributed by atoms with Gasteiger partial charge in [0.25, 0.3) is 0 Å². The lowest BCUT2D eigenvalue weighted by Crippen LogP contribution is -2.32. The second kappa shape index (κ2) is 6.63. The van der Waals surface area contributed by atoms with Crippen LogP contribution in [0.1, 0.15) is 49.4 Å². The summed E-state index contributed by atoms with van der Waals surface area (Å²) in [6, 6.07) is 8.77. The van der Waals surface area contributed by atoms with Crippen molar-refractivity contribution in [3.8, 4) is 11.1 Å². The molecule has 23 heavy (non-hydrogen) atoms. The number of aldehydes is 1. The van der Waals surface area contributed by atoms with E-state index >= 15 is 0 Å². The number of fused-ring (bicyclic) bond motifs is 1. The van der Waals surface area contributed by atoms with E-state index in [0.29, 0.717) is 6.04 Å². The van der Waals surface area contributed by atoms with Gasteiger partial charge in [-0.05, 0) is 54.7 Å². The molecular weight excluding hydrogens is 284 g/mol. The van der Waals surface area contributed by atoms with Crippen LogP contribution in [0.25, 0.3) is 11.1 Å². The van der Waals surface area contributed by atoms with Crippen LogP contribution in [0, 0.1) is 6.92 Å². The first kappa shape index (κ1) is 15.9. The van der Waals surface area contributed by atoms with E-state index in [9.17, 15) is 4.79 Å². The minimum Gasteiger partial charge on any atom is -0.301 e. The van der Waals surface area contributed by atoms with Crippen molar-refractivity contribution >= 4 is 6.29 Å². The Morgan fingerprint density at radius 3 is 2.87 bits per heavy atom. The Bertz CT molecular complexity index is 696. The SMILES string of the molecule is CCCC(C)N1Cc2cc(-c3cccnc3)cc(C)c2C1C=O. The lowest BCUT2D eigenvalue weighted by Gasteiger charge is -2.27. The number of carbonyl (C=O) groups excluding carboxylic acids is 1. The molecule has 0 N–H and O–H groups in total. The summed E-state index contributed by atoms with van der Waals surface area (Å²) < 4.78 is 0. The number of aryl methyl sites for hydroxylation is 1. The number of aromatic nitrogens is 1. The van der Waals surface area contributed by atoms with Gasteiger partial charge < -0.3 is 4.79 Å². The number of benzene rings is 1. The molecule has 0 aliphatic carbocycles. The van der Waals surface area contributed by atoms with E-state index in [1.165, 1.54) is 22.3 Å². The summed E-state index contributed by atoms with van der Waals surface area (Å²) in [5.74, 6) is 0. The maximum Gasteiger partial charge on any atom is 0.141 e. The first-order valence-electron chi connectivity index (χ1n) is 8.40. The van der Waals surface area contributed by atoms with E-state index in [1.807, 2.05) is 12.3 Å². The molecule has 0 saturated heterocycles. The Morgan fingerprint density at radius 2 is 2.22 bits per heavy atom. The van der Waals surface area contributed by atoms with Gasteiger partial charge in [-0.1, -0.05) is 25.5 Å². The molecule has 1 aromatic carbocycles. The molecule has 0 bridgehead atoms. The van der Waals surface area contributed by atoms with Gasteiger partial charge in [-0.2, -0.15) is 0 Å². The van der Waals surface area contributed by atoms with Crippen molar-refractivity contribution in [1.29, 1.82) is 0 Å². The van der Waals surface area contributed by atoms with Crippen LogP contribution in [-0.4, -0.2) is 22.2 Å². The lowest BCUT2D eigenvalue weighted by atomic mass is 9.94. The van der Waals surface area contributed by atoms with E-state index in [-0.39, 0.29) is 6.04 Å². The van der Waals surface area contributed by atoms with Crippen molar-refractivity contribution in [2.45, 2.75) is 52.2 Å². The van der Waals surface area contributed by atoms with E-state index in [2.05, 4.69) is 48.9 Å². The Morgan fingerprint density at radius 1 is 1.39 bits per heavy atom. The first-order valence-corrected chi connectivity index (χ1v) is 8.40. The van der Waals surface area contributed by atoms with Gasteiger partial charge >= 0.3 is 0 Å². The second-order valence-corrected chi connectivity index (χ2v) is 6.50. The van der Waals surface area contributed by atoms with Crippen molar-refractivity contribution in [2.75, 3.05) is 0 Å². The van der Waals surface area contributed by atoms with Crippen LogP contribution in [-0.2, 0) is 11.3 Å². The molecule has 0 radical (unpaired) electrons. The summed E-state index contributed by atoms with van der Waals surface area (Å²) >= 11 is 0. The highest BCUT2D eigenvalue weighted by Crippen LogP contribution is 2.39. The summed E-state index contributed by atoms with van der Waals surface area (Å²) in [6.45, 7) is 7.39. The van der Waals surface area contributed by atoms with E-state index in [4.69, 9.17) is 0 Å². The average molecular weight is 308 g/mol. The minimum absolute atomic E-state index is 0.102. The molecule has 3 heteroatoms. The Labute approximate surface area is 138 Å². The van der Waals surface area contributed by atoms with E-state index in [0.717, 1.165) is 31.2 Å². The fourth-order valence-electron chi connectivity index (χ4n) is 3.75. The monoisotopic (exact) mass is 308 g/mol. The Balaban J connectivity index is 2.00. The summed E-state index contributed by atoms with van der Waals surface area (Å²) in [5, 5.41) is 0. The number of nitrogens with zero attached hydrogens (tertiary/aromatic N) is 2. The molecule has 2 atom stereocenters. The standard InChI is InChI=1S/C20H24N2O/c1-4-6-15(3)22-12-18-10-17(16-7-5-8-21-11-16)9-14(2)20(18)19(22)13-23/h5,7-11,13,15,19H,4,6,12H2,1-3H3. The number of rotatable bonds is 5. The molecule has 2 aromatic rings. The highest BCUT2D eigenvalue weighted by Gasteiger charge is 2.34. The highest BCUT2D eigenvalue weighted by molar-refractivity contribution is 5.71. The smallest absolute Gasteiger partial charge is 0.141 e. The molecule has 1 aliphatic heterocycles. The highest BCUT2D eigenvalue weighted by atomic mass is 16.1. The summed E-state index contributed by atoms with van der Waals surface area (Å²) in [5.41, 5.74) is 5.99. The first-order chi connectivity index (χ1) is 11.2. The largest absolute Gasteiger partial charge is 0.301 e. The third-order valence-electron chi connectivity index (χ3n) is 4.87. The molecule has 3 nitrogen and oxygen atoms in total. The number of pyridine rings is 1. The topological polar surface area (TPSA) is 33.2 Å². The minimum atomic E-state index is -0.102. The zero-order valence-electron chi connectivity index (χ0n) is 14.1. The van der Waals surface area contributed by atoms with Gasteiger partial charge in [0.1, 0.15) is 6.29 Å². The number of carbonyl (C=O) groups is 1. The van der Waals surface area contributed by atoms with Gasteiger partial charge in [-0.15, -0.1) is 0 Å². The molecule has 0 amide bonds. The summed E-state index contributed by atoms with van der Waals surface area (Å²) in [4.78, 5) is 18.3. The van der Waals surface area contributed by atoms with Gasteiger partial charge in [-0.25, -0.2) is 0 Å². The molecule has 0 fully saturated rings. The molecule has 0 spiro atoms. The van der Waals surface area contributed by atoms with Crippen LogP contribution in [0.5, 0.6) is 0 Å². The van der Waals surface area contributed by atoms with Crippen molar-refractivity contribution in [3.05, 3.63) is 53.3 Å². The van der Waals surface area contributed by atoms with Crippen LogP contribution < -0.4 is 0 Å². The van der Waals surface area contributed by atoms with Gasteiger partial charge in [0, 0.05) is 30.5 Å². The van der Waals surface area contributed by atoms with Crippen molar-refractivity contribution < 1.29 is 4.79 Å². The summed E-state index contributed by atoms with van der Waals surface area (Å²) in [7, 11) is 0. The van der Waals surface area contributed by atoms with Crippen molar-refractivity contribution in [1.82, 2.24) is 9.88 Å². The van der Waals surface area contributed by atoms with Crippen LogP contribution >= 0.6 is 0 Å². The normalized spacial score (nSPS) is 18.7. The van der Waals surface area contributed by atoms with Crippen molar-refractivity contribution in [3.63, 3.8) is 0 Å². The molecule has 3 rings (SSSR count). The van der Waals surface area contributed by atoms with Gasteiger partial charge in [0.15, 0.2) is 0 Å². The Hall–Kier alpha value is -2.00. The lowest BCUT2D eigenvalue weighted by molar-refractivity contribution is -0.113. The van der Waals surface area contributed by atoms with Crippen LogP contribution in [0.4, 0.5) is 0 Å². The summed E-state index contributed by atoms with van der Waals surface area (Å²) in [6.07, 6.45) is 7.05.